The summed E-state index contributed by atoms with van der Waals surface area (Å²) < 4.78 is 7.75. The van der Waals surface area contributed by atoms with E-state index < -0.39 is 0 Å². The van der Waals surface area contributed by atoms with Crippen LogP contribution in [-0.4, -0.2) is 45.8 Å². The maximum absolute atomic E-state index is 5.53. The molecule has 1 aromatic carbocycles. The van der Waals surface area contributed by atoms with E-state index in [9.17, 15) is 0 Å². The molecule has 1 saturated carbocycles. The van der Waals surface area contributed by atoms with Crippen LogP contribution in [0.3, 0.4) is 0 Å². The number of aromatic nitrogens is 4. The molecular formula is C22H23N5O. The average Bonchev–Trinajstić information content (AvgIpc) is 3.26. The Morgan fingerprint density at radius 3 is 2.86 bits per heavy atom. The van der Waals surface area contributed by atoms with Crippen molar-refractivity contribution in [3.63, 3.8) is 0 Å². The molecule has 6 heteroatoms. The van der Waals surface area contributed by atoms with Crippen LogP contribution in [0.2, 0.25) is 0 Å². The smallest absolute Gasteiger partial charge is 0.228 e. The summed E-state index contributed by atoms with van der Waals surface area (Å²) in [5.74, 6) is 1.56. The minimum atomic E-state index is 0.724. The molecule has 1 saturated heterocycles. The summed E-state index contributed by atoms with van der Waals surface area (Å²) in [6, 6.07) is 6.50. The third kappa shape index (κ3) is 2.71. The number of hydrogen-bond acceptors (Lipinski definition) is 5. The van der Waals surface area contributed by atoms with Crippen molar-refractivity contribution in [3.8, 4) is 11.3 Å². The predicted octanol–water partition coefficient (Wildman–Crippen LogP) is 3.31. The second-order valence-corrected chi connectivity index (χ2v) is 7.97. The highest BCUT2D eigenvalue weighted by molar-refractivity contribution is 5.92. The third-order valence-electron chi connectivity index (χ3n) is 5.97. The van der Waals surface area contributed by atoms with E-state index in [1.165, 1.54) is 24.0 Å². The standard InChI is InChI=1S/C22H23N5O/c1-3-16-4-2-6-18(17(16)5-1)19-20-21(27(14-23-20)13-15-7-8-15)25-22(24-19)26-9-11-28-12-10-26/h1-2,4-6,14-15H,3,7-13H2. The van der Waals surface area contributed by atoms with Gasteiger partial charge in [0.05, 0.1) is 19.5 Å². The number of anilines is 1. The van der Waals surface area contributed by atoms with Gasteiger partial charge in [0.2, 0.25) is 5.95 Å². The molecule has 6 rings (SSSR count). The van der Waals surface area contributed by atoms with Gasteiger partial charge in [-0.3, -0.25) is 0 Å². The van der Waals surface area contributed by atoms with Crippen LogP contribution in [0.25, 0.3) is 28.5 Å². The number of nitrogens with zero attached hydrogens (tertiary/aromatic N) is 5. The van der Waals surface area contributed by atoms with E-state index >= 15 is 0 Å². The summed E-state index contributed by atoms with van der Waals surface area (Å²) in [4.78, 5) is 17.0. The van der Waals surface area contributed by atoms with Gasteiger partial charge in [-0.15, -0.1) is 0 Å². The van der Waals surface area contributed by atoms with Gasteiger partial charge in [-0.1, -0.05) is 30.4 Å². The topological polar surface area (TPSA) is 56.1 Å². The summed E-state index contributed by atoms with van der Waals surface area (Å²) in [5, 5.41) is 0. The molecule has 6 nitrogen and oxygen atoms in total. The number of fused-ring (bicyclic) bond motifs is 2. The Balaban J connectivity index is 1.55. The van der Waals surface area contributed by atoms with Gasteiger partial charge in [0.15, 0.2) is 5.65 Å². The normalized spacial score (nSPS) is 18.8. The van der Waals surface area contributed by atoms with Crippen LogP contribution in [0.1, 0.15) is 24.0 Å². The van der Waals surface area contributed by atoms with Crippen molar-refractivity contribution < 1.29 is 4.74 Å². The van der Waals surface area contributed by atoms with Crippen molar-refractivity contribution in [1.29, 1.82) is 0 Å². The monoisotopic (exact) mass is 373 g/mol. The Bertz CT molecular complexity index is 1080. The Kier molecular flexibility index (Phi) is 3.72. The number of hydrogen-bond donors (Lipinski definition) is 0. The molecule has 1 aliphatic heterocycles. The quantitative estimate of drug-likeness (QED) is 0.702. The summed E-state index contributed by atoms with van der Waals surface area (Å²) in [6.07, 6.45) is 10.00. The molecule has 0 bridgehead atoms. The molecule has 142 valence electrons. The van der Waals surface area contributed by atoms with Gasteiger partial charge in [-0.25, -0.2) is 9.97 Å². The number of benzene rings is 1. The third-order valence-corrected chi connectivity index (χ3v) is 5.97. The van der Waals surface area contributed by atoms with E-state index in [1.54, 1.807) is 0 Å². The Labute approximate surface area is 163 Å². The first-order valence-corrected chi connectivity index (χ1v) is 10.2. The second-order valence-electron chi connectivity index (χ2n) is 7.97. The predicted molar refractivity (Wildman–Crippen MR) is 109 cm³/mol. The zero-order chi connectivity index (χ0) is 18.5. The van der Waals surface area contributed by atoms with Crippen molar-refractivity contribution in [2.75, 3.05) is 31.2 Å². The van der Waals surface area contributed by atoms with E-state index in [4.69, 9.17) is 19.7 Å². The van der Waals surface area contributed by atoms with Crippen LogP contribution in [0.5, 0.6) is 0 Å². The molecule has 3 aliphatic rings. The van der Waals surface area contributed by atoms with Crippen LogP contribution < -0.4 is 4.90 Å². The van der Waals surface area contributed by atoms with Crippen LogP contribution in [0.15, 0.2) is 30.6 Å². The van der Waals surface area contributed by atoms with Gasteiger partial charge in [0.25, 0.3) is 0 Å². The highest BCUT2D eigenvalue weighted by Crippen LogP contribution is 2.36. The van der Waals surface area contributed by atoms with Gasteiger partial charge >= 0.3 is 0 Å². The van der Waals surface area contributed by atoms with Crippen molar-refractivity contribution in [3.05, 3.63) is 41.7 Å². The van der Waals surface area contributed by atoms with Gasteiger partial charge in [-0.2, -0.15) is 4.98 Å². The molecule has 2 aromatic heterocycles. The maximum Gasteiger partial charge on any atom is 0.228 e. The first-order valence-electron chi connectivity index (χ1n) is 10.2. The lowest BCUT2D eigenvalue weighted by Crippen LogP contribution is -2.37. The van der Waals surface area contributed by atoms with E-state index in [0.29, 0.717) is 0 Å². The Morgan fingerprint density at radius 1 is 1.11 bits per heavy atom. The van der Waals surface area contributed by atoms with Gasteiger partial charge in [0.1, 0.15) is 11.2 Å². The molecule has 28 heavy (non-hydrogen) atoms. The fourth-order valence-electron chi connectivity index (χ4n) is 4.24. The number of allylic oxidation sites excluding steroid dienone is 1. The average molecular weight is 373 g/mol. The molecule has 0 spiro atoms. The molecule has 2 aliphatic carbocycles. The summed E-state index contributed by atoms with van der Waals surface area (Å²) in [5.41, 5.74) is 6.60. The SMILES string of the molecule is C1=Cc2c(cccc2-c2nc(N3CCOCC3)nc3c2ncn3CC2CC2)C1. The maximum atomic E-state index is 5.53. The summed E-state index contributed by atoms with van der Waals surface area (Å²) in [7, 11) is 0. The molecule has 0 atom stereocenters. The molecule has 0 radical (unpaired) electrons. The van der Waals surface area contributed by atoms with E-state index in [-0.39, 0.29) is 0 Å². The fourth-order valence-corrected chi connectivity index (χ4v) is 4.24. The van der Waals surface area contributed by atoms with E-state index in [1.807, 2.05) is 6.33 Å². The number of ether oxygens (including phenoxy) is 1. The largest absolute Gasteiger partial charge is 0.378 e. The molecule has 0 unspecified atom stereocenters. The van der Waals surface area contributed by atoms with Crippen LogP contribution in [-0.2, 0) is 17.7 Å². The Morgan fingerprint density at radius 2 is 2.00 bits per heavy atom. The van der Waals surface area contributed by atoms with Crippen molar-refractivity contribution in [2.45, 2.75) is 25.8 Å². The molecular weight excluding hydrogens is 350 g/mol. The molecule has 0 N–H and O–H groups in total. The minimum Gasteiger partial charge on any atom is -0.378 e. The van der Waals surface area contributed by atoms with Crippen molar-refractivity contribution >= 4 is 23.2 Å². The zero-order valence-electron chi connectivity index (χ0n) is 15.8. The van der Waals surface area contributed by atoms with Gasteiger partial charge in [-0.05, 0) is 36.3 Å². The highest BCUT2D eigenvalue weighted by atomic mass is 16.5. The fraction of sp³-hybridized carbons (Fsp3) is 0.409. The van der Waals surface area contributed by atoms with Gasteiger partial charge in [0, 0.05) is 25.2 Å². The molecule has 2 fully saturated rings. The number of morpholine rings is 1. The lowest BCUT2D eigenvalue weighted by Gasteiger charge is -2.27. The van der Waals surface area contributed by atoms with E-state index in [2.05, 4.69) is 39.8 Å². The summed E-state index contributed by atoms with van der Waals surface area (Å²) in [6.45, 7) is 4.11. The number of rotatable bonds is 4. The van der Waals surface area contributed by atoms with Gasteiger partial charge < -0.3 is 14.2 Å². The van der Waals surface area contributed by atoms with Crippen LogP contribution in [0, 0.1) is 5.92 Å². The molecule has 3 aromatic rings. The highest BCUT2D eigenvalue weighted by Gasteiger charge is 2.26. The lowest BCUT2D eigenvalue weighted by atomic mass is 10.0. The zero-order valence-corrected chi connectivity index (χ0v) is 15.8. The Hall–Kier alpha value is -2.73. The van der Waals surface area contributed by atoms with Crippen molar-refractivity contribution in [1.82, 2.24) is 19.5 Å². The number of imidazole rings is 1. The first-order chi connectivity index (χ1) is 13.9. The van der Waals surface area contributed by atoms with Crippen molar-refractivity contribution in [2.24, 2.45) is 5.92 Å². The van der Waals surface area contributed by atoms with Crippen LogP contribution in [0.4, 0.5) is 5.95 Å². The molecule has 3 heterocycles. The minimum absolute atomic E-state index is 0.724. The van der Waals surface area contributed by atoms with Crippen LogP contribution >= 0.6 is 0 Å². The molecule has 0 amide bonds. The first kappa shape index (κ1) is 16.2. The van der Waals surface area contributed by atoms with E-state index in [0.717, 1.165) is 73.6 Å². The lowest BCUT2D eigenvalue weighted by molar-refractivity contribution is 0.122. The second kappa shape index (κ2) is 6.41. The summed E-state index contributed by atoms with van der Waals surface area (Å²) >= 11 is 0.